The lowest BCUT2D eigenvalue weighted by molar-refractivity contribution is 0.140. The smallest absolute Gasteiger partial charge is 0.0381 e. The summed E-state index contributed by atoms with van der Waals surface area (Å²) in [5.41, 5.74) is 1.61. The Bertz CT molecular complexity index is 395. The molecule has 0 heterocycles. The van der Waals surface area contributed by atoms with Crippen LogP contribution < -0.4 is 5.32 Å². The van der Waals surface area contributed by atoms with Crippen LogP contribution in [-0.2, 0) is 0 Å². The van der Waals surface area contributed by atoms with Crippen LogP contribution in [0.3, 0.4) is 0 Å². The maximum atomic E-state index is 3.53. The fourth-order valence-corrected chi connectivity index (χ4v) is 3.29. The van der Waals surface area contributed by atoms with Gasteiger partial charge in [-0.15, -0.1) is 0 Å². The van der Waals surface area contributed by atoms with Gasteiger partial charge in [0.05, 0.1) is 0 Å². The van der Waals surface area contributed by atoms with E-state index >= 15 is 0 Å². The Kier molecular flexibility index (Phi) is 5.22. The predicted octanol–water partition coefficient (Wildman–Crippen LogP) is 3.71. The van der Waals surface area contributed by atoms with E-state index < -0.39 is 0 Å². The Balaban J connectivity index is 2.05. The van der Waals surface area contributed by atoms with Crippen LogP contribution in [0.1, 0.15) is 45.2 Å². The third-order valence-corrected chi connectivity index (χ3v) is 4.49. The molecule has 0 saturated heterocycles. The van der Waals surface area contributed by atoms with E-state index in [1.165, 1.54) is 24.9 Å². The predicted molar refractivity (Wildman–Crippen MR) is 86.9 cm³/mol. The SMILES string of the molecule is CCN(CC1CC1)CC(C)(C)C(NC)c1ccccc1. The largest absolute Gasteiger partial charge is 0.313 e. The lowest BCUT2D eigenvalue weighted by Crippen LogP contribution is -2.42. The highest BCUT2D eigenvalue weighted by Crippen LogP contribution is 2.36. The summed E-state index contributed by atoms with van der Waals surface area (Å²) >= 11 is 0. The van der Waals surface area contributed by atoms with Gasteiger partial charge in [-0.1, -0.05) is 51.1 Å². The third kappa shape index (κ3) is 4.07. The van der Waals surface area contributed by atoms with Crippen LogP contribution >= 0.6 is 0 Å². The van der Waals surface area contributed by atoms with Crippen LogP contribution in [0, 0.1) is 11.3 Å². The van der Waals surface area contributed by atoms with Crippen molar-refractivity contribution in [3.63, 3.8) is 0 Å². The molecule has 0 aromatic heterocycles. The van der Waals surface area contributed by atoms with Crippen LogP contribution in [0.5, 0.6) is 0 Å². The van der Waals surface area contributed by atoms with Gasteiger partial charge in [0.1, 0.15) is 0 Å². The molecule has 1 aromatic carbocycles. The maximum absolute atomic E-state index is 3.53. The number of rotatable bonds is 8. The summed E-state index contributed by atoms with van der Waals surface area (Å²) in [5.74, 6) is 0.968. The first-order valence-corrected chi connectivity index (χ1v) is 8.01. The molecule has 1 saturated carbocycles. The molecule has 0 radical (unpaired) electrons. The van der Waals surface area contributed by atoms with E-state index in [-0.39, 0.29) is 5.41 Å². The first-order chi connectivity index (χ1) is 9.56. The summed E-state index contributed by atoms with van der Waals surface area (Å²) in [6, 6.07) is 11.2. The van der Waals surface area contributed by atoms with Crippen LogP contribution in [0.2, 0.25) is 0 Å². The number of hydrogen-bond acceptors (Lipinski definition) is 2. The van der Waals surface area contributed by atoms with E-state index in [0.717, 1.165) is 19.0 Å². The van der Waals surface area contributed by atoms with E-state index in [2.05, 4.69) is 68.4 Å². The van der Waals surface area contributed by atoms with Gasteiger partial charge in [0.25, 0.3) is 0 Å². The second kappa shape index (κ2) is 6.73. The quantitative estimate of drug-likeness (QED) is 0.777. The van der Waals surface area contributed by atoms with Gasteiger partial charge in [-0.25, -0.2) is 0 Å². The van der Waals surface area contributed by atoms with Crippen LogP contribution in [0.15, 0.2) is 30.3 Å². The molecular weight excluding hydrogens is 244 g/mol. The Hall–Kier alpha value is -0.860. The van der Waals surface area contributed by atoms with E-state index in [9.17, 15) is 0 Å². The maximum Gasteiger partial charge on any atom is 0.0381 e. The molecule has 0 spiro atoms. The lowest BCUT2D eigenvalue weighted by Gasteiger charge is -2.39. The van der Waals surface area contributed by atoms with E-state index in [4.69, 9.17) is 0 Å². The summed E-state index contributed by atoms with van der Waals surface area (Å²) in [6.07, 6.45) is 2.87. The van der Waals surface area contributed by atoms with Gasteiger partial charge in [0, 0.05) is 19.1 Å². The highest BCUT2D eigenvalue weighted by Gasteiger charge is 2.33. The van der Waals surface area contributed by atoms with Crippen molar-refractivity contribution in [3.8, 4) is 0 Å². The highest BCUT2D eigenvalue weighted by atomic mass is 15.1. The molecule has 1 fully saturated rings. The normalized spacial score (nSPS) is 17.4. The first kappa shape index (κ1) is 15.5. The van der Waals surface area contributed by atoms with Crippen LogP contribution in [0.25, 0.3) is 0 Å². The van der Waals surface area contributed by atoms with Gasteiger partial charge in [-0.2, -0.15) is 0 Å². The average Bonchev–Trinajstić information content (AvgIpc) is 3.23. The minimum atomic E-state index is 0.223. The summed E-state index contributed by atoms with van der Waals surface area (Å²) in [7, 11) is 2.08. The van der Waals surface area contributed by atoms with Crippen molar-refractivity contribution in [2.75, 3.05) is 26.7 Å². The zero-order chi connectivity index (χ0) is 14.6. The standard InChI is InChI=1S/C18H30N2/c1-5-20(13-15-11-12-15)14-18(2,3)17(19-4)16-9-7-6-8-10-16/h6-10,15,17,19H,5,11-14H2,1-4H3. The number of benzene rings is 1. The van der Waals surface area contributed by atoms with E-state index in [0.29, 0.717) is 6.04 Å². The second-order valence-electron chi connectivity index (χ2n) is 6.89. The topological polar surface area (TPSA) is 15.3 Å². The molecule has 1 atom stereocenters. The van der Waals surface area contributed by atoms with Gasteiger partial charge in [-0.3, -0.25) is 0 Å². The number of nitrogens with zero attached hydrogens (tertiary/aromatic N) is 1. The molecule has 0 aliphatic heterocycles. The van der Waals surface area contributed by atoms with E-state index in [1.54, 1.807) is 0 Å². The van der Waals surface area contributed by atoms with Crippen molar-refractivity contribution in [1.29, 1.82) is 0 Å². The molecular formula is C18H30N2. The fourth-order valence-electron chi connectivity index (χ4n) is 3.29. The van der Waals surface area contributed by atoms with Gasteiger partial charge in [0.15, 0.2) is 0 Å². The first-order valence-electron chi connectivity index (χ1n) is 8.01. The molecule has 1 aromatic rings. The number of nitrogens with one attached hydrogen (secondary N) is 1. The Labute approximate surface area is 124 Å². The monoisotopic (exact) mass is 274 g/mol. The molecule has 20 heavy (non-hydrogen) atoms. The zero-order valence-corrected chi connectivity index (χ0v) is 13.5. The summed E-state index contributed by atoms with van der Waals surface area (Å²) in [5, 5.41) is 3.53. The molecule has 1 aliphatic rings. The van der Waals surface area contributed by atoms with Crippen LogP contribution in [0.4, 0.5) is 0 Å². The van der Waals surface area contributed by atoms with Gasteiger partial charge in [0.2, 0.25) is 0 Å². The molecule has 112 valence electrons. The molecule has 1 aliphatic carbocycles. The molecule has 2 heteroatoms. The van der Waals surface area contributed by atoms with Crippen molar-refractivity contribution in [2.24, 2.45) is 11.3 Å². The zero-order valence-electron chi connectivity index (χ0n) is 13.5. The Morgan fingerprint density at radius 1 is 1.25 bits per heavy atom. The molecule has 2 rings (SSSR count). The summed E-state index contributed by atoms with van der Waals surface area (Å²) < 4.78 is 0. The van der Waals surface area contributed by atoms with E-state index in [1.807, 2.05) is 0 Å². The van der Waals surface area contributed by atoms with Crippen molar-refractivity contribution < 1.29 is 0 Å². The second-order valence-corrected chi connectivity index (χ2v) is 6.89. The van der Waals surface area contributed by atoms with Gasteiger partial charge in [-0.05, 0) is 43.3 Å². The van der Waals surface area contributed by atoms with Gasteiger partial charge >= 0.3 is 0 Å². The summed E-state index contributed by atoms with van der Waals surface area (Å²) in [6.45, 7) is 10.7. The van der Waals surface area contributed by atoms with Gasteiger partial charge < -0.3 is 10.2 Å². The van der Waals surface area contributed by atoms with Crippen LogP contribution in [-0.4, -0.2) is 31.6 Å². The highest BCUT2D eigenvalue weighted by molar-refractivity contribution is 5.21. The molecule has 0 bridgehead atoms. The molecule has 1 N–H and O–H groups in total. The van der Waals surface area contributed by atoms with Crippen molar-refractivity contribution in [2.45, 2.75) is 39.7 Å². The van der Waals surface area contributed by atoms with Crippen molar-refractivity contribution in [3.05, 3.63) is 35.9 Å². The average molecular weight is 274 g/mol. The number of hydrogen-bond donors (Lipinski definition) is 1. The molecule has 2 nitrogen and oxygen atoms in total. The van der Waals surface area contributed by atoms with Crippen molar-refractivity contribution >= 4 is 0 Å². The molecule has 1 unspecified atom stereocenters. The summed E-state index contributed by atoms with van der Waals surface area (Å²) in [4.78, 5) is 2.63. The minimum Gasteiger partial charge on any atom is -0.313 e. The van der Waals surface area contributed by atoms with Crippen molar-refractivity contribution in [1.82, 2.24) is 10.2 Å². The fraction of sp³-hybridized carbons (Fsp3) is 0.667. The third-order valence-electron chi connectivity index (χ3n) is 4.49. The Morgan fingerprint density at radius 2 is 1.90 bits per heavy atom. The Morgan fingerprint density at radius 3 is 2.40 bits per heavy atom. The lowest BCUT2D eigenvalue weighted by atomic mass is 9.80. The molecule has 0 amide bonds. The minimum absolute atomic E-state index is 0.223.